The van der Waals surface area contributed by atoms with Crippen LogP contribution in [0.3, 0.4) is 0 Å². The molecule has 68 valence electrons. The molecule has 1 N–H and O–H groups in total. The number of benzene rings is 1. The van der Waals surface area contributed by atoms with Crippen molar-refractivity contribution in [3.8, 4) is 17.3 Å². The van der Waals surface area contributed by atoms with Gasteiger partial charge in [0, 0.05) is 11.4 Å². The van der Waals surface area contributed by atoms with Gasteiger partial charge in [0.2, 0.25) is 0 Å². The van der Waals surface area contributed by atoms with Crippen molar-refractivity contribution in [1.82, 2.24) is 4.98 Å². The van der Waals surface area contributed by atoms with Gasteiger partial charge in [-0.15, -0.1) is 0 Å². The van der Waals surface area contributed by atoms with Gasteiger partial charge in [-0.1, -0.05) is 30.3 Å². The van der Waals surface area contributed by atoms with Gasteiger partial charge in [-0.2, -0.15) is 5.26 Å². The van der Waals surface area contributed by atoms with Crippen LogP contribution in [0.25, 0.3) is 11.3 Å². The van der Waals surface area contributed by atoms with Crippen LogP contribution in [0.5, 0.6) is 0 Å². The van der Waals surface area contributed by atoms with Gasteiger partial charge in [-0.25, -0.2) is 0 Å². The van der Waals surface area contributed by atoms with E-state index in [0.717, 1.165) is 17.0 Å². The number of hydrogen-bond acceptors (Lipinski definition) is 1. The first-order chi connectivity index (χ1) is 6.90. The van der Waals surface area contributed by atoms with Crippen molar-refractivity contribution in [2.45, 2.75) is 6.42 Å². The molecule has 0 spiro atoms. The van der Waals surface area contributed by atoms with E-state index in [2.05, 4.69) is 11.1 Å². The van der Waals surface area contributed by atoms with Crippen molar-refractivity contribution in [3.63, 3.8) is 0 Å². The average Bonchev–Trinajstić information content (AvgIpc) is 2.68. The molecule has 0 saturated carbocycles. The summed E-state index contributed by atoms with van der Waals surface area (Å²) in [6, 6.07) is 16.1. The predicted molar refractivity (Wildman–Crippen MR) is 55.5 cm³/mol. The van der Waals surface area contributed by atoms with Crippen LogP contribution in [0.2, 0.25) is 0 Å². The van der Waals surface area contributed by atoms with E-state index >= 15 is 0 Å². The largest absolute Gasteiger partial charge is 0.358 e. The molecule has 0 unspecified atom stereocenters. The highest BCUT2D eigenvalue weighted by Crippen LogP contribution is 2.17. The zero-order valence-corrected chi connectivity index (χ0v) is 7.70. The second-order valence-corrected chi connectivity index (χ2v) is 3.10. The van der Waals surface area contributed by atoms with Crippen molar-refractivity contribution < 1.29 is 0 Å². The standard InChI is InChI=1S/C12H10N2/c13-9-8-11-6-7-12(14-11)10-4-2-1-3-5-10/h1-7,14H,8H2. The van der Waals surface area contributed by atoms with Gasteiger partial charge < -0.3 is 4.98 Å². The normalized spacial score (nSPS) is 9.64. The quantitative estimate of drug-likeness (QED) is 0.762. The Kier molecular flexibility index (Phi) is 2.33. The molecule has 0 aliphatic rings. The SMILES string of the molecule is N#CCc1ccc(-c2ccccc2)[nH]1. The minimum atomic E-state index is 0.437. The Bertz CT molecular complexity index is 449. The second kappa shape index (κ2) is 3.80. The van der Waals surface area contributed by atoms with Gasteiger partial charge in [-0.05, 0) is 17.7 Å². The van der Waals surface area contributed by atoms with E-state index in [-0.39, 0.29) is 0 Å². The third-order valence-electron chi connectivity index (χ3n) is 2.10. The highest BCUT2D eigenvalue weighted by molar-refractivity contribution is 5.59. The van der Waals surface area contributed by atoms with Crippen LogP contribution in [-0.2, 0) is 6.42 Å². The maximum Gasteiger partial charge on any atom is 0.0752 e. The molecule has 2 rings (SSSR count). The lowest BCUT2D eigenvalue weighted by Gasteiger charge is -1.95. The Morgan fingerprint density at radius 1 is 1.07 bits per heavy atom. The Morgan fingerprint density at radius 2 is 1.86 bits per heavy atom. The maximum atomic E-state index is 8.53. The van der Waals surface area contributed by atoms with E-state index in [0.29, 0.717) is 6.42 Å². The lowest BCUT2D eigenvalue weighted by Crippen LogP contribution is -1.81. The molecule has 0 atom stereocenters. The number of H-pyrrole nitrogens is 1. The fourth-order valence-corrected chi connectivity index (χ4v) is 1.41. The molecule has 0 bridgehead atoms. The Balaban J connectivity index is 2.31. The van der Waals surface area contributed by atoms with Crippen LogP contribution in [0, 0.1) is 11.3 Å². The van der Waals surface area contributed by atoms with Crippen LogP contribution in [0.1, 0.15) is 5.69 Å². The molecule has 0 saturated heterocycles. The number of nitriles is 1. The van der Waals surface area contributed by atoms with E-state index in [1.54, 1.807) is 0 Å². The Morgan fingerprint density at radius 3 is 2.57 bits per heavy atom. The fraction of sp³-hybridized carbons (Fsp3) is 0.0833. The van der Waals surface area contributed by atoms with Gasteiger partial charge in [0.05, 0.1) is 12.5 Å². The summed E-state index contributed by atoms with van der Waals surface area (Å²) in [7, 11) is 0. The topological polar surface area (TPSA) is 39.6 Å². The number of nitrogens with zero attached hydrogens (tertiary/aromatic N) is 1. The van der Waals surface area contributed by atoms with Crippen molar-refractivity contribution in [3.05, 3.63) is 48.2 Å². The molecule has 0 aliphatic carbocycles. The second-order valence-electron chi connectivity index (χ2n) is 3.10. The van der Waals surface area contributed by atoms with Crippen LogP contribution in [0.4, 0.5) is 0 Å². The minimum absolute atomic E-state index is 0.437. The lowest BCUT2D eigenvalue weighted by atomic mass is 10.2. The highest BCUT2D eigenvalue weighted by atomic mass is 14.7. The first-order valence-corrected chi connectivity index (χ1v) is 4.50. The third-order valence-corrected chi connectivity index (χ3v) is 2.10. The zero-order chi connectivity index (χ0) is 9.80. The number of aromatic nitrogens is 1. The summed E-state index contributed by atoms with van der Waals surface area (Å²) in [6.45, 7) is 0. The Hall–Kier alpha value is -2.01. The van der Waals surface area contributed by atoms with E-state index in [4.69, 9.17) is 5.26 Å². The van der Waals surface area contributed by atoms with Crippen molar-refractivity contribution in [2.75, 3.05) is 0 Å². The molecule has 0 fully saturated rings. The maximum absolute atomic E-state index is 8.53. The lowest BCUT2D eigenvalue weighted by molar-refractivity contribution is 1.16. The minimum Gasteiger partial charge on any atom is -0.358 e. The van der Waals surface area contributed by atoms with Gasteiger partial charge >= 0.3 is 0 Å². The molecule has 2 heteroatoms. The van der Waals surface area contributed by atoms with Gasteiger partial charge in [0.25, 0.3) is 0 Å². The van der Waals surface area contributed by atoms with Crippen molar-refractivity contribution in [2.24, 2.45) is 0 Å². The molecule has 2 aromatic rings. The Labute approximate surface area is 82.8 Å². The molecular formula is C12H10N2. The van der Waals surface area contributed by atoms with Crippen LogP contribution in [0.15, 0.2) is 42.5 Å². The molecule has 14 heavy (non-hydrogen) atoms. The monoisotopic (exact) mass is 182 g/mol. The van der Waals surface area contributed by atoms with E-state index in [1.165, 1.54) is 0 Å². The molecule has 0 radical (unpaired) electrons. The molecule has 1 heterocycles. The van der Waals surface area contributed by atoms with Crippen LogP contribution < -0.4 is 0 Å². The van der Waals surface area contributed by atoms with Gasteiger partial charge in [-0.3, -0.25) is 0 Å². The zero-order valence-electron chi connectivity index (χ0n) is 7.70. The summed E-state index contributed by atoms with van der Waals surface area (Å²) in [5.41, 5.74) is 3.18. The molecular weight excluding hydrogens is 172 g/mol. The summed E-state index contributed by atoms with van der Waals surface area (Å²) in [6.07, 6.45) is 0.437. The average molecular weight is 182 g/mol. The first-order valence-electron chi connectivity index (χ1n) is 4.50. The molecule has 0 amide bonds. The van der Waals surface area contributed by atoms with E-state index < -0.39 is 0 Å². The molecule has 1 aromatic carbocycles. The molecule has 1 aromatic heterocycles. The van der Waals surface area contributed by atoms with E-state index in [9.17, 15) is 0 Å². The first kappa shape index (κ1) is 8.58. The number of hydrogen-bond donors (Lipinski definition) is 1. The van der Waals surface area contributed by atoms with Crippen molar-refractivity contribution >= 4 is 0 Å². The predicted octanol–water partition coefficient (Wildman–Crippen LogP) is 2.75. The summed E-state index contributed by atoms with van der Waals surface area (Å²) in [4.78, 5) is 3.21. The third kappa shape index (κ3) is 1.67. The summed E-state index contributed by atoms with van der Waals surface area (Å²) in [5, 5.41) is 8.53. The highest BCUT2D eigenvalue weighted by Gasteiger charge is 1.99. The molecule has 2 nitrogen and oxygen atoms in total. The fourth-order valence-electron chi connectivity index (χ4n) is 1.41. The van der Waals surface area contributed by atoms with Crippen molar-refractivity contribution in [1.29, 1.82) is 5.26 Å². The smallest absolute Gasteiger partial charge is 0.0752 e. The van der Waals surface area contributed by atoms with Gasteiger partial charge in [0.1, 0.15) is 0 Å². The van der Waals surface area contributed by atoms with E-state index in [1.807, 2.05) is 42.5 Å². The van der Waals surface area contributed by atoms with Gasteiger partial charge in [0.15, 0.2) is 0 Å². The summed E-state index contributed by atoms with van der Waals surface area (Å²) in [5.74, 6) is 0. The number of rotatable bonds is 2. The summed E-state index contributed by atoms with van der Waals surface area (Å²) >= 11 is 0. The number of aromatic amines is 1. The number of nitrogens with one attached hydrogen (secondary N) is 1. The van der Waals surface area contributed by atoms with Crippen LogP contribution >= 0.6 is 0 Å². The van der Waals surface area contributed by atoms with Crippen LogP contribution in [-0.4, -0.2) is 4.98 Å². The molecule has 0 aliphatic heterocycles. The summed E-state index contributed by atoms with van der Waals surface area (Å²) < 4.78 is 0.